The minimum atomic E-state index is 0.833. The maximum atomic E-state index is 4.71. The Morgan fingerprint density at radius 2 is 1.87 bits per heavy atom. The first-order valence-electron chi connectivity index (χ1n) is 7.88. The molecule has 1 N–H and O–H groups in total. The van der Waals surface area contributed by atoms with Crippen LogP contribution in [0.4, 0.5) is 0 Å². The second kappa shape index (κ2) is 4.91. The van der Waals surface area contributed by atoms with Gasteiger partial charge in [0, 0.05) is 17.4 Å². The SMILES string of the molecule is CCc1nc2c(C)cc(C)c(-c3cc(C)c4[nH]ncc4c3)n2n1. The monoisotopic (exact) mass is 305 g/mol. The number of benzene rings is 1. The van der Waals surface area contributed by atoms with E-state index in [0.717, 1.165) is 45.6 Å². The molecule has 0 atom stereocenters. The predicted octanol–water partition coefficient (Wildman–Crippen LogP) is 3.76. The van der Waals surface area contributed by atoms with E-state index in [2.05, 4.69) is 61.1 Å². The minimum absolute atomic E-state index is 0.833. The molecular formula is C18H19N5. The number of hydrogen-bond acceptors (Lipinski definition) is 3. The van der Waals surface area contributed by atoms with Crippen molar-refractivity contribution >= 4 is 16.6 Å². The Kier molecular flexibility index (Phi) is 2.98. The van der Waals surface area contributed by atoms with E-state index in [9.17, 15) is 0 Å². The molecule has 4 aromatic rings. The van der Waals surface area contributed by atoms with Crippen molar-refractivity contribution in [2.24, 2.45) is 0 Å². The highest BCUT2D eigenvalue weighted by molar-refractivity contribution is 5.87. The largest absolute Gasteiger partial charge is 0.278 e. The van der Waals surface area contributed by atoms with Gasteiger partial charge in [-0.05, 0) is 49.6 Å². The number of nitrogens with zero attached hydrogens (tertiary/aromatic N) is 4. The molecule has 1 aromatic carbocycles. The third-order valence-electron chi connectivity index (χ3n) is 4.36. The van der Waals surface area contributed by atoms with Gasteiger partial charge in [0.05, 0.1) is 17.4 Å². The normalized spacial score (nSPS) is 11.7. The summed E-state index contributed by atoms with van der Waals surface area (Å²) in [6, 6.07) is 6.54. The van der Waals surface area contributed by atoms with Crippen molar-refractivity contribution in [2.45, 2.75) is 34.1 Å². The van der Waals surface area contributed by atoms with Crippen LogP contribution in [0.1, 0.15) is 29.4 Å². The smallest absolute Gasteiger partial charge is 0.159 e. The maximum absolute atomic E-state index is 4.71. The van der Waals surface area contributed by atoms with Crippen LogP contribution in [-0.4, -0.2) is 24.8 Å². The zero-order valence-corrected chi connectivity index (χ0v) is 13.8. The fourth-order valence-electron chi connectivity index (χ4n) is 3.26. The van der Waals surface area contributed by atoms with Gasteiger partial charge in [0.15, 0.2) is 11.5 Å². The van der Waals surface area contributed by atoms with Crippen LogP contribution in [-0.2, 0) is 6.42 Å². The Morgan fingerprint density at radius 3 is 2.65 bits per heavy atom. The molecule has 3 aromatic heterocycles. The summed E-state index contributed by atoms with van der Waals surface area (Å²) in [5.41, 5.74) is 7.80. The van der Waals surface area contributed by atoms with Gasteiger partial charge in [-0.3, -0.25) is 5.10 Å². The first-order valence-corrected chi connectivity index (χ1v) is 7.88. The lowest BCUT2D eigenvalue weighted by atomic mass is 10.0. The highest BCUT2D eigenvalue weighted by Gasteiger charge is 2.15. The molecule has 0 radical (unpaired) electrons. The number of nitrogens with one attached hydrogen (secondary N) is 1. The van der Waals surface area contributed by atoms with Crippen molar-refractivity contribution in [3.8, 4) is 11.3 Å². The molecule has 0 aliphatic carbocycles. The van der Waals surface area contributed by atoms with Gasteiger partial charge < -0.3 is 0 Å². The third kappa shape index (κ3) is 2.04. The van der Waals surface area contributed by atoms with Crippen LogP contribution in [0.25, 0.3) is 27.8 Å². The van der Waals surface area contributed by atoms with Crippen LogP contribution in [0.5, 0.6) is 0 Å². The number of pyridine rings is 1. The molecule has 5 heteroatoms. The quantitative estimate of drug-likeness (QED) is 0.613. The summed E-state index contributed by atoms with van der Waals surface area (Å²) >= 11 is 0. The molecule has 0 saturated heterocycles. The molecule has 4 rings (SSSR count). The number of aryl methyl sites for hydroxylation is 4. The van der Waals surface area contributed by atoms with Crippen molar-refractivity contribution < 1.29 is 0 Å². The first-order chi connectivity index (χ1) is 11.1. The standard InChI is InChI=1S/C18H19N5/c1-5-15-20-18-12(4)6-11(3)17(23(18)22-15)13-7-10(2)16-14(8-13)9-19-21-16/h6-9H,5H2,1-4H3,(H,19,21). The first kappa shape index (κ1) is 13.9. The lowest BCUT2D eigenvalue weighted by molar-refractivity contribution is 0.886. The molecule has 3 heterocycles. The molecular weight excluding hydrogens is 286 g/mol. The zero-order valence-electron chi connectivity index (χ0n) is 13.8. The van der Waals surface area contributed by atoms with Crippen LogP contribution in [0.3, 0.4) is 0 Å². The molecule has 0 spiro atoms. The predicted molar refractivity (Wildman–Crippen MR) is 91.7 cm³/mol. The lowest BCUT2D eigenvalue weighted by Crippen LogP contribution is -2.00. The molecule has 0 aliphatic heterocycles. The van der Waals surface area contributed by atoms with Crippen molar-refractivity contribution in [3.63, 3.8) is 0 Å². The molecule has 0 aliphatic rings. The maximum Gasteiger partial charge on any atom is 0.159 e. The number of rotatable bonds is 2. The number of fused-ring (bicyclic) bond motifs is 2. The summed E-state index contributed by atoms with van der Waals surface area (Å²) in [7, 11) is 0. The molecule has 116 valence electrons. The Hall–Kier alpha value is -2.69. The van der Waals surface area contributed by atoms with Crippen molar-refractivity contribution in [1.82, 2.24) is 24.8 Å². The number of H-pyrrole nitrogens is 1. The molecule has 0 unspecified atom stereocenters. The fraction of sp³-hybridized carbons (Fsp3) is 0.278. The van der Waals surface area contributed by atoms with Crippen LogP contribution in [0.2, 0.25) is 0 Å². The molecule has 0 fully saturated rings. The van der Waals surface area contributed by atoms with Gasteiger partial charge in [-0.1, -0.05) is 13.0 Å². The van der Waals surface area contributed by atoms with E-state index >= 15 is 0 Å². The number of hydrogen-bond donors (Lipinski definition) is 1. The van der Waals surface area contributed by atoms with Crippen LogP contribution in [0, 0.1) is 20.8 Å². The Labute approximate surface area is 134 Å². The molecule has 0 bridgehead atoms. The Bertz CT molecular complexity index is 1040. The number of aromatic amines is 1. The van der Waals surface area contributed by atoms with Crippen LogP contribution < -0.4 is 0 Å². The van der Waals surface area contributed by atoms with Gasteiger partial charge in [-0.2, -0.15) is 10.2 Å². The van der Waals surface area contributed by atoms with Gasteiger partial charge in [-0.15, -0.1) is 0 Å². The highest BCUT2D eigenvalue weighted by atomic mass is 15.3. The van der Waals surface area contributed by atoms with E-state index in [-0.39, 0.29) is 0 Å². The Balaban J connectivity index is 2.08. The minimum Gasteiger partial charge on any atom is -0.278 e. The van der Waals surface area contributed by atoms with E-state index < -0.39 is 0 Å². The van der Waals surface area contributed by atoms with Crippen molar-refractivity contribution in [2.75, 3.05) is 0 Å². The average Bonchev–Trinajstić information content (AvgIpc) is 3.13. The van der Waals surface area contributed by atoms with Crippen LogP contribution >= 0.6 is 0 Å². The van der Waals surface area contributed by atoms with Gasteiger partial charge in [0.1, 0.15) is 0 Å². The van der Waals surface area contributed by atoms with E-state index in [1.807, 2.05) is 10.7 Å². The second-order valence-corrected chi connectivity index (χ2v) is 6.10. The molecule has 0 amide bonds. The van der Waals surface area contributed by atoms with E-state index in [1.54, 1.807) is 0 Å². The Morgan fingerprint density at radius 1 is 1.04 bits per heavy atom. The molecule has 5 nitrogen and oxygen atoms in total. The summed E-state index contributed by atoms with van der Waals surface area (Å²) < 4.78 is 1.99. The number of aromatic nitrogens is 5. The second-order valence-electron chi connectivity index (χ2n) is 6.10. The van der Waals surface area contributed by atoms with Crippen molar-refractivity contribution in [3.05, 3.63) is 46.9 Å². The molecule has 0 saturated carbocycles. The summed E-state index contributed by atoms with van der Waals surface area (Å²) in [6.45, 7) is 8.40. The topological polar surface area (TPSA) is 58.9 Å². The fourth-order valence-corrected chi connectivity index (χ4v) is 3.26. The highest BCUT2D eigenvalue weighted by Crippen LogP contribution is 2.30. The average molecular weight is 305 g/mol. The van der Waals surface area contributed by atoms with Gasteiger partial charge in [0.2, 0.25) is 0 Å². The zero-order chi connectivity index (χ0) is 16.1. The summed E-state index contributed by atoms with van der Waals surface area (Å²) in [5, 5.41) is 13.0. The summed E-state index contributed by atoms with van der Waals surface area (Å²) in [5.74, 6) is 0.876. The van der Waals surface area contributed by atoms with E-state index in [0.29, 0.717) is 0 Å². The van der Waals surface area contributed by atoms with Crippen LogP contribution in [0.15, 0.2) is 24.4 Å². The van der Waals surface area contributed by atoms with Gasteiger partial charge >= 0.3 is 0 Å². The van der Waals surface area contributed by atoms with E-state index in [4.69, 9.17) is 5.10 Å². The lowest BCUT2D eigenvalue weighted by Gasteiger charge is -2.11. The van der Waals surface area contributed by atoms with Gasteiger partial charge in [0.25, 0.3) is 0 Å². The van der Waals surface area contributed by atoms with E-state index in [1.165, 1.54) is 11.1 Å². The third-order valence-corrected chi connectivity index (χ3v) is 4.36. The summed E-state index contributed by atoms with van der Waals surface area (Å²) in [6.07, 6.45) is 2.70. The van der Waals surface area contributed by atoms with Gasteiger partial charge in [-0.25, -0.2) is 9.50 Å². The molecule has 23 heavy (non-hydrogen) atoms. The summed E-state index contributed by atoms with van der Waals surface area (Å²) in [4.78, 5) is 4.67. The van der Waals surface area contributed by atoms with Crippen molar-refractivity contribution in [1.29, 1.82) is 0 Å².